The number of piperidine rings is 1. The van der Waals surface area contributed by atoms with Crippen LogP contribution in [0.2, 0.25) is 0 Å². The topological polar surface area (TPSA) is 29.5 Å². The molecule has 0 aliphatic carbocycles. The minimum Gasteiger partial charge on any atom is -0.378 e. The quantitative estimate of drug-likeness (QED) is 0.754. The molecule has 2 saturated heterocycles. The normalized spacial score (nSPS) is 29.6. The first-order chi connectivity index (χ1) is 8.29. The summed E-state index contributed by atoms with van der Waals surface area (Å²) >= 11 is 0. The molecule has 2 fully saturated rings. The molecular formula is C14H25NO2. The summed E-state index contributed by atoms with van der Waals surface area (Å²) in [5.41, 5.74) is 0. The van der Waals surface area contributed by atoms with Crippen LogP contribution in [0.3, 0.4) is 0 Å². The molecule has 3 nitrogen and oxygen atoms in total. The second-order valence-corrected chi connectivity index (χ2v) is 5.43. The maximum Gasteiger partial charge on any atom is 0.222 e. The molecule has 2 aliphatic rings. The summed E-state index contributed by atoms with van der Waals surface area (Å²) in [6.07, 6.45) is 7.95. The zero-order valence-electron chi connectivity index (χ0n) is 11.0. The van der Waals surface area contributed by atoms with E-state index in [1.165, 1.54) is 25.7 Å². The fraction of sp³-hybridized carbons (Fsp3) is 0.929. The number of nitrogens with zero attached hydrogens (tertiary/aromatic N) is 1. The van der Waals surface area contributed by atoms with E-state index in [0.29, 0.717) is 18.4 Å². The van der Waals surface area contributed by atoms with Gasteiger partial charge in [0.2, 0.25) is 5.91 Å². The molecule has 17 heavy (non-hydrogen) atoms. The molecule has 2 aliphatic heterocycles. The van der Waals surface area contributed by atoms with Crippen LogP contribution in [0.15, 0.2) is 0 Å². The summed E-state index contributed by atoms with van der Waals surface area (Å²) in [7, 11) is 0. The molecule has 0 N–H and O–H groups in total. The van der Waals surface area contributed by atoms with Gasteiger partial charge in [-0.15, -0.1) is 0 Å². The van der Waals surface area contributed by atoms with Crippen LogP contribution in [-0.4, -0.2) is 36.6 Å². The van der Waals surface area contributed by atoms with Crippen molar-refractivity contribution >= 4 is 5.91 Å². The van der Waals surface area contributed by atoms with Crippen LogP contribution in [0.1, 0.15) is 51.9 Å². The van der Waals surface area contributed by atoms with Gasteiger partial charge in [-0.2, -0.15) is 0 Å². The number of amides is 1. The Hall–Kier alpha value is -0.570. The van der Waals surface area contributed by atoms with E-state index in [2.05, 4.69) is 11.8 Å². The highest BCUT2D eigenvalue weighted by Gasteiger charge is 2.23. The largest absolute Gasteiger partial charge is 0.378 e. The van der Waals surface area contributed by atoms with Crippen LogP contribution in [0.5, 0.6) is 0 Å². The van der Waals surface area contributed by atoms with Crippen LogP contribution in [0.4, 0.5) is 0 Å². The Morgan fingerprint density at radius 3 is 2.94 bits per heavy atom. The summed E-state index contributed by atoms with van der Waals surface area (Å²) in [6.45, 7) is 5.08. The predicted octanol–water partition coefficient (Wildman–Crippen LogP) is 2.59. The molecule has 0 aromatic carbocycles. The fourth-order valence-corrected chi connectivity index (χ4v) is 2.94. The van der Waals surface area contributed by atoms with Crippen molar-refractivity contribution in [3.8, 4) is 0 Å². The minimum atomic E-state index is 0.346. The number of hydrogen-bond donors (Lipinski definition) is 0. The van der Waals surface area contributed by atoms with Gasteiger partial charge in [0.15, 0.2) is 0 Å². The average Bonchev–Trinajstić information content (AvgIpc) is 2.89. The summed E-state index contributed by atoms with van der Waals surface area (Å²) in [5, 5.41) is 0. The first-order valence-corrected chi connectivity index (χ1v) is 7.19. The minimum absolute atomic E-state index is 0.346. The van der Waals surface area contributed by atoms with Gasteiger partial charge in [0.25, 0.3) is 0 Å². The molecule has 0 radical (unpaired) electrons. The molecule has 0 spiro atoms. The molecule has 98 valence electrons. The van der Waals surface area contributed by atoms with Gasteiger partial charge in [-0.3, -0.25) is 4.79 Å². The summed E-state index contributed by atoms with van der Waals surface area (Å²) in [6, 6.07) is 0. The highest BCUT2D eigenvalue weighted by Crippen LogP contribution is 2.21. The Labute approximate surface area is 105 Å². The Bertz CT molecular complexity index is 249. The Morgan fingerprint density at radius 2 is 2.24 bits per heavy atom. The zero-order chi connectivity index (χ0) is 12.1. The second kappa shape index (κ2) is 6.39. The maximum absolute atomic E-state index is 12.1. The number of hydrogen-bond acceptors (Lipinski definition) is 2. The maximum atomic E-state index is 12.1. The molecule has 2 unspecified atom stereocenters. The summed E-state index contributed by atoms with van der Waals surface area (Å²) in [4.78, 5) is 14.2. The molecule has 0 saturated carbocycles. The SMILES string of the molecule is CCC1CCCN(C(=O)CCC2CCCO2)C1. The lowest BCUT2D eigenvalue weighted by Gasteiger charge is -2.32. The first kappa shape index (κ1) is 12.9. The van der Waals surface area contributed by atoms with Gasteiger partial charge in [-0.1, -0.05) is 13.3 Å². The van der Waals surface area contributed by atoms with Crippen LogP contribution >= 0.6 is 0 Å². The van der Waals surface area contributed by atoms with Crippen LogP contribution in [0, 0.1) is 5.92 Å². The third-order valence-corrected chi connectivity index (χ3v) is 4.15. The third-order valence-electron chi connectivity index (χ3n) is 4.15. The van der Waals surface area contributed by atoms with Gasteiger partial charge in [0.1, 0.15) is 0 Å². The fourth-order valence-electron chi connectivity index (χ4n) is 2.94. The van der Waals surface area contributed by atoms with Crippen LogP contribution in [0.25, 0.3) is 0 Å². The van der Waals surface area contributed by atoms with Crippen molar-refractivity contribution in [2.75, 3.05) is 19.7 Å². The van der Waals surface area contributed by atoms with Gasteiger partial charge < -0.3 is 9.64 Å². The van der Waals surface area contributed by atoms with E-state index in [1.54, 1.807) is 0 Å². The third kappa shape index (κ3) is 3.70. The van der Waals surface area contributed by atoms with Crippen molar-refractivity contribution in [1.29, 1.82) is 0 Å². The summed E-state index contributed by atoms with van der Waals surface area (Å²) < 4.78 is 5.56. The lowest BCUT2D eigenvalue weighted by Crippen LogP contribution is -2.39. The van der Waals surface area contributed by atoms with Crippen molar-refractivity contribution in [3.63, 3.8) is 0 Å². The number of carbonyl (C=O) groups is 1. The summed E-state index contributed by atoms with van der Waals surface area (Å²) in [5.74, 6) is 1.08. The van der Waals surface area contributed by atoms with E-state index in [4.69, 9.17) is 4.74 Å². The molecular weight excluding hydrogens is 214 g/mol. The molecule has 0 aromatic heterocycles. The van der Waals surface area contributed by atoms with E-state index in [-0.39, 0.29) is 0 Å². The van der Waals surface area contributed by atoms with Crippen molar-refractivity contribution in [1.82, 2.24) is 4.90 Å². The standard InChI is InChI=1S/C14H25NO2/c1-2-12-5-3-9-15(11-12)14(16)8-7-13-6-4-10-17-13/h12-13H,2-11H2,1H3. The smallest absolute Gasteiger partial charge is 0.222 e. The van der Waals surface area contributed by atoms with Crippen LogP contribution in [-0.2, 0) is 9.53 Å². The highest BCUT2D eigenvalue weighted by molar-refractivity contribution is 5.76. The molecule has 1 amide bonds. The molecule has 3 heteroatoms. The van der Waals surface area contributed by atoms with Crippen molar-refractivity contribution < 1.29 is 9.53 Å². The van der Waals surface area contributed by atoms with Crippen molar-refractivity contribution in [2.45, 2.75) is 58.0 Å². The molecule has 2 rings (SSSR count). The molecule has 0 bridgehead atoms. The lowest BCUT2D eigenvalue weighted by molar-refractivity contribution is -0.133. The zero-order valence-corrected chi connectivity index (χ0v) is 11.0. The molecule has 2 atom stereocenters. The highest BCUT2D eigenvalue weighted by atomic mass is 16.5. The second-order valence-electron chi connectivity index (χ2n) is 5.43. The van der Waals surface area contributed by atoms with Crippen molar-refractivity contribution in [3.05, 3.63) is 0 Å². The van der Waals surface area contributed by atoms with E-state index >= 15 is 0 Å². The predicted molar refractivity (Wildman–Crippen MR) is 67.8 cm³/mol. The van der Waals surface area contributed by atoms with Crippen molar-refractivity contribution in [2.24, 2.45) is 5.92 Å². The monoisotopic (exact) mass is 239 g/mol. The number of ether oxygens (including phenoxy) is 1. The first-order valence-electron chi connectivity index (χ1n) is 7.19. The number of rotatable bonds is 4. The van der Waals surface area contributed by atoms with E-state index in [0.717, 1.165) is 38.5 Å². The van der Waals surface area contributed by atoms with Gasteiger partial charge in [-0.05, 0) is 38.0 Å². The molecule has 2 heterocycles. The van der Waals surface area contributed by atoms with Crippen LogP contribution < -0.4 is 0 Å². The number of carbonyl (C=O) groups excluding carboxylic acids is 1. The Morgan fingerprint density at radius 1 is 1.35 bits per heavy atom. The van der Waals surface area contributed by atoms with Gasteiger partial charge in [-0.25, -0.2) is 0 Å². The lowest BCUT2D eigenvalue weighted by atomic mass is 9.95. The average molecular weight is 239 g/mol. The van der Waals surface area contributed by atoms with E-state index in [9.17, 15) is 4.79 Å². The number of likely N-dealkylation sites (tertiary alicyclic amines) is 1. The van der Waals surface area contributed by atoms with E-state index < -0.39 is 0 Å². The van der Waals surface area contributed by atoms with E-state index in [1.807, 2.05) is 0 Å². The van der Waals surface area contributed by atoms with Gasteiger partial charge in [0, 0.05) is 26.1 Å². The van der Waals surface area contributed by atoms with Gasteiger partial charge >= 0.3 is 0 Å². The Kier molecular flexibility index (Phi) is 4.84. The Balaban J connectivity index is 1.71. The molecule has 0 aromatic rings. The van der Waals surface area contributed by atoms with Gasteiger partial charge in [0.05, 0.1) is 6.10 Å².